The van der Waals surface area contributed by atoms with Crippen molar-refractivity contribution < 1.29 is 23.4 Å². The monoisotopic (exact) mass is 595 g/mol. The van der Waals surface area contributed by atoms with Crippen molar-refractivity contribution in [2.24, 2.45) is 0 Å². The molecule has 1 unspecified atom stereocenters. The van der Waals surface area contributed by atoms with Gasteiger partial charge < -0.3 is 20.3 Å². The zero-order valence-electron chi connectivity index (χ0n) is 24.0. The van der Waals surface area contributed by atoms with Crippen LogP contribution in [-0.2, 0) is 16.6 Å². The molecule has 1 aliphatic heterocycles. The van der Waals surface area contributed by atoms with E-state index in [-0.39, 0.29) is 6.61 Å². The lowest BCUT2D eigenvalue weighted by molar-refractivity contribution is 0.0383. The van der Waals surface area contributed by atoms with Crippen LogP contribution in [-0.4, -0.2) is 109 Å². The average Bonchev–Trinajstić information content (AvgIpc) is 3.41. The quantitative estimate of drug-likeness (QED) is 0.236. The highest BCUT2D eigenvalue weighted by atomic mass is 32.2. The van der Waals surface area contributed by atoms with Crippen molar-refractivity contribution in [3.8, 4) is 17.0 Å². The van der Waals surface area contributed by atoms with Crippen molar-refractivity contribution in [2.45, 2.75) is 12.6 Å². The number of β-amino-alcohol motifs (C(OH)–C–C–N with tert-alkyl or cyclic N) is 1. The Labute approximate surface area is 245 Å². The minimum atomic E-state index is -3.46. The molecule has 0 spiro atoms. The molecule has 12 nitrogen and oxygen atoms in total. The van der Waals surface area contributed by atoms with Gasteiger partial charge in [0.05, 0.1) is 54.9 Å². The number of hydrogen-bond donors (Lipinski definition) is 3. The number of rotatable bonds is 11. The number of nitrogens with zero attached hydrogens (tertiary/aromatic N) is 6. The normalized spacial score (nSPS) is 15.5. The highest BCUT2D eigenvalue weighted by Gasteiger charge is 2.21. The van der Waals surface area contributed by atoms with Gasteiger partial charge in [-0.1, -0.05) is 24.3 Å². The van der Waals surface area contributed by atoms with Gasteiger partial charge in [0.2, 0.25) is 16.0 Å². The number of para-hydroxylation sites is 1. The minimum Gasteiger partial charge on any atom is -0.495 e. The maximum atomic E-state index is 12.3. The number of ether oxygens (including phenoxy) is 1. The van der Waals surface area contributed by atoms with Gasteiger partial charge in [-0.25, -0.2) is 17.9 Å². The first kappa shape index (κ1) is 29.7. The van der Waals surface area contributed by atoms with Crippen molar-refractivity contribution >= 4 is 32.9 Å². The van der Waals surface area contributed by atoms with Gasteiger partial charge in [0.15, 0.2) is 0 Å². The number of aliphatic hydroxyl groups is 2. The van der Waals surface area contributed by atoms with Crippen LogP contribution in [0.3, 0.4) is 0 Å². The molecule has 4 aromatic rings. The number of sulfonamides is 1. The van der Waals surface area contributed by atoms with E-state index in [1.54, 1.807) is 30.0 Å². The Balaban J connectivity index is 1.33. The Morgan fingerprint density at radius 2 is 1.81 bits per heavy atom. The number of benzene rings is 2. The molecular weight excluding hydrogens is 558 g/mol. The highest BCUT2D eigenvalue weighted by molar-refractivity contribution is 7.92. The number of nitrogens with one attached hydrogen (secondary N) is 1. The third-order valence-corrected chi connectivity index (χ3v) is 8.67. The Hall–Kier alpha value is -3.75. The predicted octanol–water partition coefficient (Wildman–Crippen LogP) is 2.02. The Kier molecular flexibility index (Phi) is 8.94. The fourth-order valence-corrected chi connectivity index (χ4v) is 5.62. The number of aliphatic hydroxyl groups excluding tert-OH is 2. The summed E-state index contributed by atoms with van der Waals surface area (Å²) in [6, 6.07) is 17.1. The van der Waals surface area contributed by atoms with E-state index < -0.39 is 16.1 Å². The van der Waals surface area contributed by atoms with Crippen LogP contribution in [0.5, 0.6) is 5.75 Å². The smallest absolute Gasteiger partial charge is 0.245 e. The first-order valence-corrected chi connectivity index (χ1v) is 15.6. The molecular formula is C29H37N7O5S. The lowest BCUT2D eigenvalue weighted by Gasteiger charge is -2.35. The summed E-state index contributed by atoms with van der Waals surface area (Å²) in [7, 11) is -0.300. The van der Waals surface area contributed by atoms with E-state index in [1.807, 2.05) is 42.5 Å². The Bertz CT molecular complexity index is 1640. The van der Waals surface area contributed by atoms with Gasteiger partial charge in [0, 0.05) is 51.9 Å². The van der Waals surface area contributed by atoms with Gasteiger partial charge in [0.25, 0.3) is 0 Å². The van der Waals surface area contributed by atoms with Crippen LogP contribution in [0, 0.1) is 0 Å². The standard InChI is InChI=1S/C29H37N7O5S/c1-33(42(3,39)40)26-7-5-4-6-24(26)27-11-9-22-17-30-29(32-36(22)27)31-25-10-8-21(16-28(25)41-2)18-34-12-14-35(15-13-34)19-23(38)20-37/h4-11,16-17,23,37-38H,12-15,18-20H2,1-3H3,(H,31,32). The molecule has 1 atom stereocenters. The van der Waals surface area contributed by atoms with Crippen LogP contribution in [0.4, 0.5) is 17.3 Å². The van der Waals surface area contributed by atoms with E-state index >= 15 is 0 Å². The molecule has 0 radical (unpaired) electrons. The fourth-order valence-electron chi connectivity index (χ4n) is 5.11. The summed E-state index contributed by atoms with van der Waals surface area (Å²) >= 11 is 0. The van der Waals surface area contributed by atoms with E-state index in [0.29, 0.717) is 29.6 Å². The zero-order chi connectivity index (χ0) is 29.9. The van der Waals surface area contributed by atoms with Crippen LogP contribution in [0.1, 0.15) is 5.56 Å². The maximum Gasteiger partial charge on any atom is 0.245 e. The summed E-state index contributed by atoms with van der Waals surface area (Å²) in [5.41, 5.74) is 4.60. The molecule has 3 N–H and O–H groups in total. The van der Waals surface area contributed by atoms with E-state index in [2.05, 4.69) is 20.1 Å². The van der Waals surface area contributed by atoms with E-state index in [4.69, 9.17) is 14.9 Å². The molecule has 1 fully saturated rings. The van der Waals surface area contributed by atoms with Crippen LogP contribution in [0.25, 0.3) is 16.8 Å². The third-order valence-electron chi connectivity index (χ3n) is 7.48. The Morgan fingerprint density at radius 3 is 2.52 bits per heavy atom. The molecule has 2 aromatic heterocycles. The lowest BCUT2D eigenvalue weighted by atomic mass is 10.1. The average molecular weight is 596 g/mol. The number of anilines is 3. The maximum absolute atomic E-state index is 12.3. The molecule has 0 aliphatic carbocycles. The fraction of sp³-hybridized carbons (Fsp3) is 0.379. The molecule has 2 aromatic carbocycles. The van der Waals surface area contributed by atoms with Crippen molar-refractivity contribution in [1.29, 1.82) is 0 Å². The summed E-state index contributed by atoms with van der Waals surface area (Å²) in [6.45, 7) is 4.45. The van der Waals surface area contributed by atoms with Gasteiger partial charge in [-0.3, -0.25) is 14.1 Å². The third kappa shape index (κ3) is 6.66. The first-order valence-electron chi connectivity index (χ1n) is 13.7. The molecule has 3 heterocycles. The SMILES string of the molecule is COc1cc(CN2CCN(CC(O)CO)CC2)ccc1Nc1ncc2ccc(-c3ccccc3N(C)S(C)(=O)=O)n2n1. The molecule has 0 saturated carbocycles. The summed E-state index contributed by atoms with van der Waals surface area (Å²) in [5.74, 6) is 1.02. The van der Waals surface area contributed by atoms with E-state index in [0.717, 1.165) is 55.1 Å². The molecule has 0 amide bonds. The summed E-state index contributed by atoms with van der Waals surface area (Å²) in [4.78, 5) is 9.00. The summed E-state index contributed by atoms with van der Waals surface area (Å²) in [5, 5.41) is 26.8. The Morgan fingerprint density at radius 1 is 1.07 bits per heavy atom. The van der Waals surface area contributed by atoms with Crippen LogP contribution in [0.15, 0.2) is 60.8 Å². The number of aromatic nitrogens is 3. The highest BCUT2D eigenvalue weighted by Crippen LogP contribution is 2.33. The van der Waals surface area contributed by atoms with Crippen LogP contribution < -0.4 is 14.4 Å². The summed E-state index contributed by atoms with van der Waals surface area (Å²) in [6.07, 6.45) is 2.18. The van der Waals surface area contributed by atoms with Gasteiger partial charge in [0.1, 0.15) is 5.75 Å². The van der Waals surface area contributed by atoms with Crippen LogP contribution >= 0.6 is 0 Å². The lowest BCUT2D eigenvalue weighted by Crippen LogP contribution is -2.48. The van der Waals surface area contributed by atoms with E-state index in [9.17, 15) is 13.5 Å². The molecule has 13 heteroatoms. The zero-order valence-corrected chi connectivity index (χ0v) is 24.8. The first-order chi connectivity index (χ1) is 20.2. The molecule has 5 rings (SSSR count). The molecule has 224 valence electrons. The molecule has 1 aliphatic rings. The topological polar surface area (TPSA) is 136 Å². The number of methoxy groups -OCH3 is 1. The van der Waals surface area contributed by atoms with E-state index in [1.165, 1.54) is 17.6 Å². The number of piperazine rings is 1. The minimum absolute atomic E-state index is 0.219. The number of fused-ring (bicyclic) bond motifs is 1. The van der Waals surface area contributed by atoms with Gasteiger partial charge >= 0.3 is 0 Å². The second-order valence-electron chi connectivity index (χ2n) is 10.5. The van der Waals surface area contributed by atoms with Crippen molar-refractivity contribution in [2.75, 3.05) is 69.4 Å². The second kappa shape index (κ2) is 12.6. The van der Waals surface area contributed by atoms with Crippen molar-refractivity contribution in [3.05, 3.63) is 66.4 Å². The predicted molar refractivity (Wildman–Crippen MR) is 163 cm³/mol. The second-order valence-corrected chi connectivity index (χ2v) is 12.5. The van der Waals surface area contributed by atoms with Gasteiger partial charge in [-0.05, 0) is 35.9 Å². The van der Waals surface area contributed by atoms with Crippen molar-refractivity contribution in [1.82, 2.24) is 24.4 Å². The summed E-state index contributed by atoms with van der Waals surface area (Å²) < 4.78 is 33.3. The van der Waals surface area contributed by atoms with Crippen LogP contribution in [0.2, 0.25) is 0 Å². The van der Waals surface area contributed by atoms with Crippen molar-refractivity contribution in [3.63, 3.8) is 0 Å². The molecule has 0 bridgehead atoms. The largest absolute Gasteiger partial charge is 0.495 e. The van der Waals surface area contributed by atoms with Gasteiger partial charge in [-0.2, -0.15) is 0 Å². The molecule has 42 heavy (non-hydrogen) atoms. The molecule has 1 saturated heterocycles. The van der Waals surface area contributed by atoms with Gasteiger partial charge in [-0.15, -0.1) is 5.10 Å². The number of hydrogen-bond acceptors (Lipinski definition) is 10.